The van der Waals surface area contributed by atoms with Crippen molar-refractivity contribution in [1.29, 1.82) is 0 Å². The van der Waals surface area contributed by atoms with Gasteiger partial charge < -0.3 is 20.9 Å². The summed E-state index contributed by atoms with van der Waals surface area (Å²) in [7, 11) is 0. The summed E-state index contributed by atoms with van der Waals surface area (Å²) >= 11 is 0. The molecule has 1 aromatic rings. The van der Waals surface area contributed by atoms with E-state index in [0.717, 1.165) is 11.6 Å². The van der Waals surface area contributed by atoms with Crippen LogP contribution < -0.4 is 15.8 Å². The Morgan fingerprint density at radius 3 is 2.57 bits per heavy atom. The highest BCUT2D eigenvalue weighted by Crippen LogP contribution is 2.20. The highest BCUT2D eigenvalue weighted by molar-refractivity contribution is 5.83. The van der Waals surface area contributed by atoms with Gasteiger partial charge >= 0.3 is 5.97 Å². The fourth-order valence-electron chi connectivity index (χ4n) is 2.05. The van der Waals surface area contributed by atoms with Crippen molar-refractivity contribution in [3.8, 4) is 5.75 Å². The van der Waals surface area contributed by atoms with Crippen molar-refractivity contribution in [3.63, 3.8) is 0 Å². The zero-order chi connectivity index (χ0) is 17.6. The lowest BCUT2D eigenvalue weighted by Crippen LogP contribution is -2.48. The molecule has 1 amide bonds. The molecule has 0 aliphatic heterocycles. The lowest BCUT2D eigenvalue weighted by molar-refractivity contribution is -0.132. The Balaban J connectivity index is 2.80. The minimum absolute atomic E-state index is 0.312. The van der Waals surface area contributed by atoms with Crippen molar-refractivity contribution in [2.45, 2.75) is 45.8 Å². The summed E-state index contributed by atoms with van der Waals surface area (Å²) in [6.07, 6.45) is 2.21. The summed E-state index contributed by atoms with van der Waals surface area (Å²) in [6.45, 7) is 7.15. The third kappa shape index (κ3) is 6.42. The molecule has 6 heteroatoms. The number of nitrogens with one attached hydrogen (secondary N) is 1. The predicted octanol–water partition coefficient (Wildman–Crippen LogP) is 2.27. The van der Waals surface area contributed by atoms with Crippen LogP contribution in [0.3, 0.4) is 0 Å². The van der Waals surface area contributed by atoms with Gasteiger partial charge in [-0.2, -0.15) is 0 Å². The third-order valence-electron chi connectivity index (χ3n) is 3.10. The fraction of sp³-hybridized carbons (Fsp3) is 0.412. The van der Waals surface area contributed by atoms with Gasteiger partial charge in [0.05, 0.1) is 5.54 Å². The number of carboxylic acids is 1. The number of aryl methyl sites for hydroxylation is 1. The quantitative estimate of drug-likeness (QED) is 0.528. The number of rotatable bonds is 7. The van der Waals surface area contributed by atoms with Gasteiger partial charge in [-0.15, -0.1) is 0 Å². The standard InChI is InChI=1S/C17H24N2O4/c1-5-14(23-13-9-11(2)8-12(18)10-13)16(22)19-17(3,4)7-6-15(20)21/h6-10,14H,5,18H2,1-4H3,(H,19,22)(H,20,21)/b7-6+. The van der Waals surface area contributed by atoms with Crippen molar-refractivity contribution in [1.82, 2.24) is 5.32 Å². The van der Waals surface area contributed by atoms with Crippen LogP contribution in [0.25, 0.3) is 0 Å². The van der Waals surface area contributed by atoms with Gasteiger partial charge in [0.15, 0.2) is 6.10 Å². The Morgan fingerprint density at radius 1 is 1.39 bits per heavy atom. The topological polar surface area (TPSA) is 102 Å². The Labute approximate surface area is 136 Å². The van der Waals surface area contributed by atoms with Crippen LogP contribution in [0, 0.1) is 6.92 Å². The summed E-state index contributed by atoms with van der Waals surface area (Å²) in [6, 6.07) is 5.29. The van der Waals surface area contributed by atoms with E-state index in [2.05, 4.69) is 5.32 Å². The molecule has 0 aliphatic rings. The Kier molecular flexibility index (Phi) is 6.18. The molecule has 1 aromatic carbocycles. The van der Waals surface area contributed by atoms with Crippen molar-refractivity contribution in [2.24, 2.45) is 0 Å². The van der Waals surface area contributed by atoms with Crippen molar-refractivity contribution in [2.75, 3.05) is 5.73 Å². The van der Waals surface area contributed by atoms with Crippen LogP contribution in [0.15, 0.2) is 30.4 Å². The van der Waals surface area contributed by atoms with E-state index < -0.39 is 17.6 Å². The van der Waals surface area contributed by atoms with E-state index in [1.165, 1.54) is 6.08 Å². The molecule has 23 heavy (non-hydrogen) atoms. The van der Waals surface area contributed by atoms with Gasteiger partial charge in [0.25, 0.3) is 5.91 Å². The first-order chi connectivity index (χ1) is 10.6. The monoisotopic (exact) mass is 320 g/mol. The zero-order valence-electron chi connectivity index (χ0n) is 13.9. The Morgan fingerprint density at radius 2 is 2.04 bits per heavy atom. The first kappa shape index (κ1) is 18.5. The van der Waals surface area contributed by atoms with Crippen molar-refractivity contribution in [3.05, 3.63) is 35.9 Å². The second-order valence-corrected chi connectivity index (χ2v) is 5.98. The molecule has 0 bridgehead atoms. The van der Waals surface area contributed by atoms with E-state index in [0.29, 0.717) is 17.9 Å². The molecular formula is C17H24N2O4. The number of nitrogens with two attached hydrogens (primary N) is 1. The number of hydrogen-bond donors (Lipinski definition) is 3. The van der Waals surface area contributed by atoms with Gasteiger partial charge in [-0.25, -0.2) is 4.79 Å². The van der Waals surface area contributed by atoms with E-state index in [9.17, 15) is 9.59 Å². The molecular weight excluding hydrogens is 296 g/mol. The average molecular weight is 320 g/mol. The summed E-state index contributed by atoms with van der Waals surface area (Å²) in [5.74, 6) is -0.846. The summed E-state index contributed by atoms with van der Waals surface area (Å²) < 4.78 is 5.73. The molecule has 6 nitrogen and oxygen atoms in total. The number of benzene rings is 1. The number of aliphatic carboxylic acids is 1. The molecule has 1 atom stereocenters. The van der Waals surface area contributed by atoms with E-state index in [1.807, 2.05) is 26.0 Å². The van der Waals surface area contributed by atoms with Crippen LogP contribution in [-0.2, 0) is 9.59 Å². The van der Waals surface area contributed by atoms with Crippen molar-refractivity contribution >= 4 is 17.6 Å². The largest absolute Gasteiger partial charge is 0.481 e. The van der Waals surface area contributed by atoms with Crippen LogP contribution in [0.2, 0.25) is 0 Å². The van der Waals surface area contributed by atoms with Crippen LogP contribution in [-0.4, -0.2) is 28.6 Å². The number of carbonyl (C=O) groups excluding carboxylic acids is 1. The number of nitrogen functional groups attached to an aromatic ring is 1. The highest BCUT2D eigenvalue weighted by atomic mass is 16.5. The van der Waals surface area contributed by atoms with Crippen LogP contribution in [0.1, 0.15) is 32.8 Å². The van der Waals surface area contributed by atoms with Gasteiger partial charge in [-0.3, -0.25) is 4.79 Å². The average Bonchev–Trinajstić information content (AvgIpc) is 2.41. The number of carboxylic acid groups (broad SMARTS) is 1. The van der Waals surface area contributed by atoms with Gasteiger partial charge in [0.1, 0.15) is 5.75 Å². The lowest BCUT2D eigenvalue weighted by atomic mass is 10.0. The molecule has 1 rings (SSSR count). The van der Waals surface area contributed by atoms with Crippen LogP contribution in [0.4, 0.5) is 5.69 Å². The molecule has 0 fully saturated rings. The fourth-order valence-corrected chi connectivity index (χ4v) is 2.05. The van der Waals surface area contributed by atoms with Gasteiger partial charge in [0.2, 0.25) is 0 Å². The summed E-state index contributed by atoms with van der Waals surface area (Å²) in [5.41, 5.74) is 6.50. The molecule has 1 unspecified atom stereocenters. The molecule has 0 spiro atoms. The van der Waals surface area contributed by atoms with E-state index in [4.69, 9.17) is 15.6 Å². The molecule has 0 radical (unpaired) electrons. The van der Waals surface area contributed by atoms with E-state index in [1.54, 1.807) is 19.9 Å². The minimum Gasteiger partial charge on any atom is -0.481 e. The van der Waals surface area contributed by atoms with Crippen molar-refractivity contribution < 1.29 is 19.4 Å². The van der Waals surface area contributed by atoms with Crippen LogP contribution in [0.5, 0.6) is 5.75 Å². The molecule has 4 N–H and O–H groups in total. The maximum atomic E-state index is 12.4. The molecule has 0 aliphatic carbocycles. The maximum Gasteiger partial charge on any atom is 0.328 e. The second kappa shape index (κ2) is 7.67. The summed E-state index contributed by atoms with van der Waals surface area (Å²) in [4.78, 5) is 23.0. The van der Waals surface area contributed by atoms with Gasteiger partial charge in [-0.05, 0) is 44.9 Å². The van der Waals surface area contributed by atoms with E-state index in [-0.39, 0.29) is 5.91 Å². The number of anilines is 1. The molecule has 0 heterocycles. The molecule has 0 saturated heterocycles. The van der Waals surface area contributed by atoms with Gasteiger partial charge in [-0.1, -0.05) is 13.0 Å². The number of hydrogen-bond acceptors (Lipinski definition) is 4. The smallest absolute Gasteiger partial charge is 0.328 e. The number of amides is 1. The third-order valence-corrected chi connectivity index (χ3v) is 3.10. The first-order valence-corrected chi connectivity index (χ1v) is 7.41. The Bertz CT molecular complexity index is 588. The molecule has 126 valence electrons. The summed E-state index contributed by atoms with van der Waals surface area (Å²) in [5, 5.41) is 11.4. The minimum atomic E-state index is -1.06. The predicted molar refractivity (Wildman–Crippen MR) is 89.3 cm³/mol. The Hall–Kier alpha value is -2.50. The highest BCUT2D eigenvalue weighted by Gasteiger charge is 2.24. The lowest BCUT2D eigenvalue weighted by Gasteiger charge is -2.26. The molecule has 0 aromatic heterocycles. The second-order valence-electron chi connectivity index (χ2n) is 5.98. The number of ether oxygens (including phenoxy) is 1. The normalized spacial score (nSPS) is 12.9. The number of carbonyl (C=O) groups is 2. The first-order valence-electron chi connectivity index (χ1n) is 7.41. The maximum absolute atomic E-state index is 12.4. The van der Waals surface area contributed by atoms with E-state index >= 15 is 0 Å². The van der Waals surface area contributed by atoms with Gasteiger partial charge in [0, 0.05) is 17.8 Å². The molecule has 0 saturated carbocycles. The SMILES string of the molecule is CCC(Oc1cc(C)cc(N)c1)C(=O)NC(C)(C)/C=C/C(=O)O. The zero-order valence-corrected chi connectivity index (χ0v) is 13.9. The van der Waals surface area contributed by atoms with Crippen LogP contribution >= 0.6 is 0 Å².